The first-order chi connectivity index (χ1) is 21.3. The minimum atomic E-state index is -4.48. The molecule has 19 nitrogen and oxygen atoms in total. The summed E-state index contributed by atoms with van der Waals surface area (Å²) in [5, 5.41) is 0. The number of aromatic amines is 1. The number of aromatic nitrogens is 8. The van der Waals surface area contributed by atoms with Crippen molar-refractivity contribution in [1.29, 1.82) is 0 Å². The summed E-state index contributed by atoms with van der Waals surface area (Å²) in [6, 6.07) is 0. The lowest BCUT2D eigenvalue weighted by Crippen LogP contribution is -2.33. The number of ether oxygens (including phenoxy) is 2. The number of nitrogen functional groups attached to an aromatic ring is 2. The minimum Gasteiger partial charge on any atom is -0.382 e. The fraction of sp³-hybridized carbons (Fsp3) is 0.500. The maximum Gasteiger partial charge on any atom is 0.386 e. The molecule has 2 bridgehead atoms. The Kier molecular flexibility index (Phi) is 7.70. The normalized spacial score (nSPS) is 37.7. The molecule has 3 aliphatic rings. The van der Waals surface area contributed by atoms with Gasteiger partial charge in [-0.1, -0.05) is 24.5 Å². The van der Waals surface area contributed by atoms with Gasteiger partial charge in [-0.25, -0.2) is 37.8 Å². The molecule has 7 rings (SSSR count). The predicted molar refractivity (Wildman–Crippen MR) is 155 cm³/mol. The van der Waals surface area contributed by atoms with Crippen LogP contribution in [0.5, 0.6) is 0 Å². The lowest BCUT2D eigenvalue weighted by molar-refractivity contribution is -0.0563. The number of fused-ring (bicyclic) bond motifs is 5. The second-order valence-electron chi connectivity index (χ2n) is 10.0. The monoisotopic (exact) mass is 710 g/mol. The third-order valence-electron chi connectivity index (χ3n) is 7.23. The van der Waals surface area contributed by atoms with Gasteiger partial charge in [-0.15, -0.1) is 0 Å². The Balaban J connectivity index is 1.21. The molecule has 25 heteroatoms. The highest BCUT2D eigenvalue weighted by Crippen LogP contribution is 2.60. The van der Waals surface area contributed by atoms with Crippen LogP contribution in [0.3, 0.4) is 0 Å². The van der Waals surface area contributed by atoms with Crippen molar-refractivity contribution in [2.45, 2.75) is 49.2 Å². The van der Waals surface area contributed by atoms with Crippen molar-refractivity contribution in [1.82, 2.24) is 39.0 Å². The van der Waals surface area contributed by atoms with Gasteiger partial charge in [0.25, 0.3) is 5.56 Å². The molecule has 1 unspecified atom stereocenters. The summed E-state index contributed by atoms with van der Waals surface area (Å²) in [6.07, 6.45) is -9.99. The fourth-order valence-corrected chi connectivity index (χ4v) is 8.17. The molecular formula is C20H22F2N10O9P2S2. The van der Waals surface area contributed by atoms with Gasteiger partial charge in [0.2, 0.25) is 5.95 Å². The third kappa shape index (κ3) is 5.53. The van der Waals surface area contributed by atoms with Crippen LogP contribution < -0.4 is 17.0 Å². The zero-order valence-electron chi connectivity index (χ0n) is 22.3. The molecule has 4 aromatic rings. The standard InChI is InChI=1S/C20H22F2N10O9P2S2/c21-8-6-1-36-42(34,44)40-12-7(39-18(9(12)22)32-5-28-11-16(32)29-20(24)30-17(11)33)2-37-43(35,45)41-13(8)19(38-6)31-4-27-10-14(23)25-3-26-15(10)31/h3-9,12-13,18-19H,1-2H2,(H,34,44)(H,35,45)(H2,23,25,26)(H3,24,29,30,33)/t6-,7?,8-,9-,12-,13-,18-,19-,42+,43+/m1/s1. The summed E-state index contributed by atoms with van der Waals surface area (Å²) in [7, 11) is 0. The Labute approximate surface area is 259 Å². The highest BCUT2D eigenvalue weighted by molar-refractivity contribution is 8.44. The average Bonchev–Trinajstić information content (AvgIpc) is 3.72. The highest BCUT2D eigenvalue weighted by atomic mass is 32.7. The maximum absolute atomic E-state index is 16.0. The maximum atomic E-state index is 16.0. The molecule has 0 saturated carbocycles. The number of nitrogens with one attached hydrogen (secondary N) is 1. The number of imidazole rings is 2. The largest absolute Gasteiger partial charge is 0.386 e. The molecule has 45 heavy (non-hydrogen) atoms. The van der Waals surface area contributed by atoms with Gasteiger partial charge in [-0.05, 0) is 0 Å². The van der Waals surface area contributed by atoms with Crippen molar-refractivity contribution in [2.75, 3.05) is 24.7 Å². The van der Waals surface area contributed by atoms with Crippen LogP contribution in [0.2, 0.25) is 0 Å². The molecule has 0 aliphatic carbocycles. The fourth-order valence-electron chi connectivity index (χ4n) is 5.23. The number of halogens is 2. The van der Waals surface area contributed by atoms with Crippen LogP contribution in [0.15, 0.2) is 23.8 Å². The number of nitrogens with two attached hydrogens (primary N) is 2. The molecule has 3 aliphatic heterocycles. The van der Waals surface area contributed by atoms with Gasteiger partial charge in [0, 0.05) is 0 Å². The van der Waals surface area contributed by atoms with Crippen LogP contribution in [0, 0.1) is 0 Å². The lowest BCUT2D eigenvalue weighted by atomic mass is 10.1. The number of hydrogen-bond acceptors (Lipinski definition) is 16. The zero-order chi connectivity index (χ0) is 31.8. The summed E-state index contributed by atoms with van der Waals surface area (Å²) in [4.78, 5) is 34.5. The first-order valence-corrected chi connectivity index (χ1v) is 18.3. The van der Waals surface area contributed by atoms with Gasteiger partial charge in [0.15, 0.2) is 47.4 Å². The van der Waals surface area contributed by atoms with Crippen molar-refractivity contribution in [3.05, 3.63) is 29.3 Å². The van der Waals surface area contributed by atoms with E-state index in [0.29, 0.717) is 0 Å². The van der Waals surface area contributed by atoms with E-state index in [4.69, 9.17) is 39.0 Å². The van der Waals surface area contributed by atoms with Crippen molar-refractivity contribution in [3.63, 3.8) is 0 Å². The smallest absolute Gasteiger partial charge is 0.382 e. The van der Waals surface area contributed by atoms with E-state index in [0.717, 1.165) is 17.2 Å². The summed E-state index contributed by atoms with van der Waals surface area (Å²) in [5.74, 6) is -0.234. The van der Waals surface area contributed by atoms with Crippen LogP contribution in [0.4, 0.5) is 20.5 Å². The van der Waals surface area contributed by atoms with Gasteiger partial charge in [-0.3, -0.25) is 37.0 Å². The van der Waals surface area contributed by atoms with Crippen LogP contribution in [0.25, 0.3) is 22.3 Å². The van der Waals surface area contributed by atoms with E-state index in [1.54, 1.807) is 0 Å². The molecule has 0 radical (unpaired) electrons. The summed E-state index contributed by atoms with van der Waals surface area (Å²) in [6.45, 7) is -10.4. The van der Waals surface area contributed by atoms with E-state index >= 15 is 8.78 Å². The van der Waals surface area contributed by atoms with Crippen LogP contribution >= 0.6 is 38.1 Å². The molecule has 3 fully saturated rings. The second kappa shape index (κ2) is 11.2. The summed E-state index contributed by atoms with van der Waals surface area (Å²) >= 11 is 7.94. The van der Waals surface area contributed by atoms with Gasteiger partial charge in [-0.2, -0.15) is 4.98 Å². The Hall–Kier alpha value is -2.72. The predicted octanol–water partition coefficient (Wildman–Crippen LogP) is 1.49. The van der Waals surface area contributed by atoms with E-state index in [1.807, 2.05) is 0 Å². The second-order valence-corrected chi connectivity index (χ2v) is 15.8. The van der Waals surface area contributed by atoms with E-state index in [2.05, 4.69) is 54.4 Å². The summed E-state index contributed by atoms with van der Waals surface area (Å²) in [5.41, 5.74) is 10.8. The van der Waals surface area contributed by atoms with Gasteiger partial charge in [0.05, 0.1) is 25.9 Å². The first kappa shape index (κ1) is 30.9. The number of alkyl halides is 2. The minimum absolute atomic E-state index is 0.0368. The van der Waals surface area contributed by atoms with Crippen LogP contribution in [-0.2, 0) is 36.7 Å². The van der Waals surface area contributed by atoms with E-state index in [-0.39, 0.29) is 34.1 Å². The zero-order valence-corrected chi connectivity index (χ0v) is 25.8. The van der Waals surface area contributed by atoms with Gasteiger partial charge < -0.3 is 20.9 Å². The number of rotatable bonds is 2. The average molecular weight is 711 g/mol. The third-order valence-corrected chi connectivity index (χ3v) is 10.5. The Morgan fingerprint density at radius 1 is 0.844 bits per heavy atom. The van der Waals surface area contributed by atoms with Crippen LogP contribution in [0.1, 0.15) is 12.5 Å². The Bertz CT molecular complexity index is 1950. The first-order valence-electron chi connectivity index (χ1n) is 12.9. The quantitative estimate of drug-likeness (QED) is 0.146. The van der Waals surface area contributed by atoms with Gasteiger partial charge in [0.1, 0.15) is 36.3 Å². The molecule has 10 atom stereocenters. The highest BCUT2D eigenvalue weighted by Gasteiger charge is 2.54. The number of hydrogen-bond donors (Lipinski definition) is 5. The van der Waals surface area contributed by atoms with E-state index in [9.17, 15) is 13.9 Å². The number of thiol groups is 2. The Morgan fingerprint density at radius 2 is 1.47 bits per heavy atom. The molecular weight excluding hydrogens is 688 g/mol. The van der Waals surface area contributed by atoms with Crippen LogP contribution in [-0.4, -0.2) is 89.0 Å². The van der Waals surface area contributed by atoms with E-state index in [1.165, 1.54) is 10.9 Å². The van der Waals surface area contributed by atoms with Gasteiger partial charge >= 0.3 is 13.6 Å². The molecule has 242 valence electrons. The molecule has 0 spiro atoms. The molecule has 0 aromatic carbocycles. The van der Waals surface area contributed by atoms with Crippen molar-refractivity contribution >= 4 is 72.2 Å². The molecule has 0 amide bonds. The number of H-pyrrole nitrogens is 1. The Morgan fingerprint density at radius 3 is 2.20 bits per heavy atom. The van der Waals surface area contributed by atoms with E-state index < -0.39 is 81.6 Å². The number of nitrogens with zero attached hydrogens (tertiary/aromatic N) is 7. The molecule has 4 aromatic heterocycles. The summed E-state index contributed by atoms with van der Waals surface area (Å²) < 4.78 is 94.2. The SMILES string of the molecule is Nc1nc2c(ncn2[C@@H]2OC3CO[P@](=O)(S)O[C@@H]4[C@H](F)[C@@H](CO[P@](=O)(S)O[C@H]3[C@H]2F)O[C@H]4n2cnc3c(N)ncnc32)c(=O)[nH]1. The van der Waals surface area contributed by atoms with Crippen molar-refractivity contribution in [3.8, 4) is 0 Å². The molecule has 5 N–H and O–H groups in total. The molecule has 3 saturated heterocycles. The lowest BCUT2D eigenvalue weighted by Gasteiger charge is -2.26. The number of anilines is 2. The van der Waals surface area contributed by atoms with Crippen molar-refractivity contribution < 1.29 is 45.5 Å². The van der Waals surface area contributed by atoms with Crippen molar-refractivity contribution in [2.24, 2.45) is 0 Å². The molecule has 7 heterocycles. The topological polar surface area (TPSA) is 249 Å².